The van der Waals surface area contributed by atoms with Crippen LogP contribution in [-0.4, -0.2) is 16.1 Å². The van der Waals surface area contributed by atoms with E-state index >= 15 is 0 Å². The number of nitrogens with zero attached hydrogens (tertiary/aromatic N) is 2. The molecule has 0 unspecified atom stereocenters. The van der Waals surface area contributed by atoms with E-state index < -0.39 is 5.91 Å². The lowest BCUT2D eigenvalue weighted by Crippen LogP contribution is -2.10. The molecule has 3 aromatic heterocycles. The SMILES string of the molecule is O=C(Nc1nnc(-c2ccsc2)o1)c1ccc(Br)o1. The number of aromatic nitrogens is 2. The van der Waals surface area contributed by atoms with Crippen molar-refractivity contribution in [2.45, 2.75) is 0 Å². The highest BCUT2D eigenvalue weighted by atomic mass is 79.9. The van der Waals surface area contributed by atoms with Crippen LogP contribution < -0.4 is 5.32 Å². The fourth-order valence-electron chi connectivity index (χ4n) is 1.37. The third-order valence-corrected chi connectivity index (χ3v) is 3.32. The van der Waals surface area contributed by atoms with Crippen LogP contribution >= 0.6 is 27.3 Å². The summed E-state index contributed by atoms with van der Waals surface area (Å²) >= 11 is 4.64. The van der Waals surface area contributed by atoms with Crippen molar-refractivity contribution in [3.63, 3.8) is 0 Å². The van der Waals surface area contributed by atoms with Crippen molar-refractivity contribution in [2.24, 2.45) is 0 Å². The second kappa shape index (κ2) is 4.98. The van der Waals surface area contributed by atoms with E-state index in [0.29, 0.717) is 10.6 Å². The lowest BCUT2D eigenvalue weighted by Gasteiger charge is -1.95. The molecule has 0 bridgehead atoms. The number of halogens is 1. The molecule has 0 saturated carbocycles. The molecule has 0 saturated heterocycles. The maximum absolute atomic E-state index is 11.8. The maximum atomic E-state index is 11.8. The summed E-state index contributed by atoms with van der Waals surface area (Å²) in [6.45, 7) is 0. The van der Waals surface area contributed by atoms with Crippen LogP contribution in [0, 0.1) is 0 Å². The topological polar surface area (TPSA) is 81.2 Å². The molecule has 3 heterocycles. The molecule has 0 aromatic carbocycles. The van der Waals surface area contributed by atoms with Crippen molar-refractivity contribution >= 4 is 39.2 Å². The van der Waals surface area contributed by atoms with E-state index in [1.54, 1.807) is 6.07 Å². The van der Waals surface area contributed by atoms with Gasteiger partial charge >= 0.3 is 6.01 Å². The number of furan rings is 1. The summed E-state index contributed by atoms with van der Waals surface area (Å²) in [7, 11) is 0. The van der Waals surface area contributed by atoms with Gasteiger partial charge in [-0.1, -0.05) is 5.10 Å². The molecular weight excluding hydrogens is 334 g/mol. The highest BCUT2D eigenvalue weighted by Crippen LogP contribution is 2.22. The van der Waals surface area contributed by atoms with Crippen molar-refractivity contribution in [3.05, 3.63) is 39.4 Å². The second-order valence-corrected chi connectivity index (χ2v) is 5.04. The Bertz CT molecular complexity index is 704. The van der Waals surface area contributed by atoms with Crippen LogP contribution in [0.2, 0.25) is 0 Å². The van der Waals surface area contributed by atoms with Gasteiger partial charge in [0, 0.05) is 10.9 Å². The predicted octanol–water partition coefficient (Wildman–Crippen LogP) is 3.41. The molecule has 0 aliphatic carbocycles. The molecule has 0 fully saturated rings. The van der Waals surface area contributed by atoms with E-state index in [1.165, 1.54) is 17.4 Å². The molecule has 96 valence electrons. The Balaban J connectivity index is 1.76. The Labute approximate surface area is 119 Å². The normalized spacial score (nSPS) is 10.6. The predicted molar refractivity (Wildman–Crippen MR) is 72.0 cm³/mol. The molecule has 19 heavy (non-hydrogen) atoms. The average molecular weight is 340 g/mol. The molecule has 6 nitrogen and oxygen atoms in total. The van der Waals surface area contributed by atoms with E-state index in [-0.39, 0.29) is 11.8 Å². The van der Waals surface area contributed by atoms with Gasteiger partial charge in [0.05, 0.1) is 0 Å². The molecular formula is C11H6BrN3O3S. The largest absolute Gasteiger partial charge is 0.444 e. The Morgan fingerprint density at radius 2 is 2.16 bits per heavy atom. The van der Waals surface area contributed by atoms with Gasteiger partial charge < -0.3 is 8.83 Å². The minimum absolute atomic E-state index is 0.0266. The first-order valence-electron chi connectivity index (χ1n) is 5.15. The summed E-state index contributed by atoms with van der Waals surface area (Å²) in [6, 6.07) is 5.04. The van der Waals surface area contributed by atoms with Crippen molar-refractivity contribution in [2.75, 3.05) is 5.32 Å². The highest BCUT2D eigenvalue weighted by molar-refractivity contribution is 9.10. The number of thiophene rings is 1. The molecule has 1 amide bonds. The number of rotatable bonds is 3. The quantitative estimate of drug-likeness (QED) is 0.790. The second-order valence-electron chi connectivity index (χ2n) is 3.48. The van der Waals surface area contributed by atoms with E-state index in [0.717, 1.165) is 5.56 Å². The van der Waals surface area contributed by atoms with E-state index in [4.69, 9.17) is 8.83 Å². The van der Waals surface area contributed by atoms with Gasteiger partial charge in [-0.25, -0.2) is 0 Å². The number of carbonyl (C=O) groups excluding carboxylic acids is 1. The Morgan fingerprint density at radius 1 is 1.26 bits per heavy atom. The van der Waals surface area contributed by atoms with Crippen LogP contribution in [-0.2, 0) is 0 Å². The monoisotopic (exact) mass is 339 g/mol. The molecule has 0 radical (unpaired) electrons. The standard InChI is InChI=1S/C11H6BrN3O3S/c12-8-2-1-7(17-8)9(16)13-11-15-14-10(18-11)6-3-4-19-5-6/h1-5H,(H,13,15,16). The Morgan fingerprint density at radius 3 is 2.84 bits per heavy atom. The number of amides is 1. The summed E-state index contributed by atoms with van der Waals surface area (Å²) in [6.07, 6.45) is 0. The first-order valence-corrected chi connectivity index (χ1v) is 6.89. The van der Waals surface area contributed by atoms with Crippen LogP contribution in [0.5, 0.6) is 0 Å². The van der Waals surface area contributed by atoms with Crippen LogP contribution in [0.15, 0.2) is 42.5 Å². The lowest BCUT2D eigenvalue weighted by molar-refractivity contribution is 0.0992. The van der Waals surface area contributed by atoms with Crippen LogP contribution in [0.1, 0.15) is 10.6 Å². The van der Waals surface area contributed by atoms with E-state index in [9.17, 15) is 4.79 Å². The maximum Gasteiger partial charge on any atom is 0.322 e. The van der Waals surface area contributed by atoms with Gasteiger partial charge in [-0.3, -0.25) is 10.1 Å². The third-order valence-electron chi connectivity index (χ3n) is 2.21. The number of hydrogen-bond acceptors (Lipinski definition) is 6. The number of hydrogen-bond donors (Lipinski definition) is 1. The molecule has 3 rings (SSSR count). The summed E-state index contributed by atoms with van der Waals surface area (Å²) < 4.78 is 10.9. The van der Waals surface area contributed by atoms with Crippen molar-refractivity contribution in [3.8, 4) is 11.5 Å². The zero-order valence-electron chi connectivity index (χ0n) is 9.29. The minimum atomic E-state index is -0.453. The van der Waals surface area contributed by atoms with Crippen molar-refractivity contribution in [1.29, 1.82) is 0 Å². The van der Waals surface area contributed by atoms with Gasteiger partial charge in [-0.15, -0.1) is 5.10 Å². The van der Waals surface area contributed by atoms with Crippen LogP contribution in [0.25, 0.3) is 11.5 Å². The summed E-state index contributed by atoms with van der Waals surface area (Å²) in [5, 5.41) is 13.8. The first kappa shape index (κ1) is 12.1. The van der Waals surface area contributed by atoms with E-state index in [2.05, 4.69) is 31.4 Å². The Kier molecular flexibility index (Phi) is 3.18. The molecule has 8 heteroatoms. The van der Waals surface area contributed by atoms with Crippen LogP contribution in [0.3, 0.4) is 0 Å². The zero-order valence-corrected chi connectivity index (χ0v) is 11.7. The number of carbonyl (C=O) groups is 1. The molecule has 0 aliphatic heterocycles. The van der Waals surface area contributed by atoms with Gasteiger partial charge in [0.15, 0.2) is 10.4 Å². The molecule has 0 atom stereocenters. The fourth-order valence-corrected chi connectivity index (χ4v) is 2.31. The number of nitrogens with one attached hydrogen (secondary N) is 1. The average Bonchev–Trinajstić information content (AvgIpc) is 3.07. The van der Waals surface area contributed by atoms with Gasteiger partial charge in [-0.2, -0.15) is 11.3 Å². The van der Waals surface area contributed by atoms with Gasteiger partial charge in [0.25, 0.3) is 11.8 Å². The molecule has 0 aliphatic rings. The molecule has 0 spiro atoms. The smallest absolute Gasteiger partial charge is 0.322 e. The fraction of sp³-hybridized carbons (Fsp3) is 0. The van der Waals surface area contributed by atoms with E-state index in [1.807, 2.05) is 16.8 Å². The van der Waals surface area contributed by atoms with Gasteiger partial charge in [0.1, 0.15) is 0 Å². The van der Waals surface area contributed by atoms with Gasteiger partial charge in [0.2, 0.25) is 0 Å². The van der Waals surface area contributed by atoms with Crippen LogP contribution in [0.4, 0.5) is 6.01 Å². The minimum Gasteiger partial charge on any atom is -0.444 e. The summed E-state index contributed by atoms with van der Waals surface area (Å²) in [5.74, 6) is 0.0607. The van der Waals surface area contributed by atoms with Crippen molar-refractivity contribution < 1.29 is 13.6 Å². The number of anilines is 1. The van der Waals surface area contributed by atoms with Gasteiger partial charge in [-0.05, 0) is 39.5 Å². The Hall–Kier alpha value is -1.93. The zero-order chi connectivity index (χ0) is 13.2. The molecule has 1 N–H and O–H groups in total. The highest BCUT2D eigenvalue weighted by Gasteiger charge is 2.15. The third kappa shape index (κ3) is 2.59. The first-order chi connectivity index (χ1) is 9.22. The lowest BCUT2D eigenvalue weighted by atomic mass is 10.3. The summed E-state index contributed by atoms with van der Waals surface area (Å²) in [5.41, 5.74) is 0.818. The van der Waals surface area contributed by atoms with Crippen molar-refractivity contribution in [1.82, 2.24) is 10.2 Å². The summed E-state index contributed by atoms with van der Waals surface area (Å²) in [4.78, 5) is 11.8. The molecule has 3 aromatic rings.